The summed E-state index contributed by atoms with van der Waals surface area (Å²) in [5.41, 5.74) is 5.47. The Labute approximate surface area is 168 Å². The average Bonchev–Trinajstić information content (AvgIpc) is 3.12. The molecule has 0 spiro atoms. The second-order valence-corrected chi connectivity index (χ2v) is 7.53. The van der Waals surface area contributed by atoms with Gasteiger partial charge in [0.25, 0.3) is 0 Å². The standard InChI is InChI=1S/C24H21FN2S/c1-18-7-5-6-10-22(18)26-24-27(16-15-19-8-3-2-4-9-19)23(17-28-24)20-11-13-21(25)14-12-20/h2-14,17H,15-16H2,1H3. The lowest BCUT2D eigenvalue weighted by atomic mass is 10.1. The van der Waals surface area contributed by atoms with Gasteiger partial charge < -0.3 is 4.57 Å². The third-order valence-corrected chi connectivity index (χ3v) is 5.60. The molecule has 0 saturated heterocycles. The first-order valence-corrected chi connectivity index (χ1v) is 10.2. The number of para-hydroxylation sites is 1. The van der Waals surface area contributed by atoms with Gasteiger partial charge in [-0.1, -0.05) is 48.5 Å². The van der Waals surface area contributed by atoms with Crippen molar-refractivity contribution in [3.63, 3.8) is 0 Å². The van der Waals surface area contributed by atoms with Gasteiger partial charge in [-0.3, -0.25) is 0 Å². The van der Waals surface area contributed by atoms with E-state index in [0.717, 1.165) is 40.3 Å². The molecule has 0 aliphatic heterocycles. The normalized spacial score (nSPS) is 11.7. The van der Waals surface area contributed by atoms with Crippen molar-refractivity contribution >= 4 is 17.0 Å². The van der Waals surface area contributed by atoms with Crippen LogP contribution in [0.3, 0.4) is 0 Å². The van der Waals surface area contributed by atoms with E-state index in [4.69, 9.17) is 4.99 Å². The van der Waals surface area contributed by atoms with Gasteiger partial charge in [0.1, 0.15) is 5.82 Å². The van der Waals surface area contributed by atoms with Crippen molar-refractivity contribution in [3.05, 3.63) is 106 Å². The molecule has 0 aliphatic rings. The van der Waals surface area contributed by atoms with Crippen molar-refractivity contribution in [1.82, 2.24) is 4.57 Å². The lowest BCUT2D eigenvalue weighted by molar-refractivity contribution is 0.627. The molecular weight excluding hydrogens is 367 g/mol. The summed E-state index contributed by atoms with van der Waals surface area (Å²) in [5.74, 6) is -0.223. The Kier molecular flexibility index (Phi) is 5.49. The summed E-state index contributed by atoms with van der Waals surface area (Å²) >= 11 is 1.62. The smallest absolute Gasteiger partial charge is 0.190 e. The minimum atomic E-state index is -0.223. The molecule has 0 fully saturated rings. The third-order valence-electron chi connectivity index (χ3n) is 4.74. The zero-order valence-corrected chi connectivity index (χ0v) is 16.5. The van der Waals surface area contributed by atoms with E-state index in [9.17, 15) is 4.39 Å². The van der Waals surface area contributed by atoms with E-state index in [1.165, 1.54) is 17.7 Å². The van der Waals surface area contributed by atoms with Crippen LogP contribution >= 0.6 is 11.3 Å². The van der Waals surface area contributed by atoms with Crippen molar-refractivity contribution in [2.24, 2.45) is 4.99 Å². The highest BCUT2D eigenvalue weighted by atomic mass is 32.1. The molecule has 1 heterocycles. The monoisotopic (exact) mass is 388 g/mol. The molecule has 28 heavy (non-hydrogen) atoms. The molecule has 4 rings (SSSR count). The minimum Gasteiger partial charge on any atom is -0.316 e. The largest absolute Gasteiger partial charge is 0.316 e. The number of rotatable bonds is 5. The van der Waals surface area contributed by atoms with E-state index < -0.39 is 0 Å². The number of aromatic nitrogens is 1. The van der Waals surface area contributed by atoms with Gasteiger partial charge in [-0.15, -0.1) is 11.3 Å². The molecule has 0 aliphatic carbocycles. The quantitative estimate of drug-likeness (QED) is 0.391. The molecule has 0 unspecified atom stereocenters. The van der Waals surface area contributed by atoms with Gasteiger partial charge in [0, 0.05) is 11.9 Å². The Hall–Kier alpha value is -2.98. The second kappa shape index (κ2) is 8.36. The fourth-order valence-electron chi connectivity index (χ4n) is 3.16. The maximum Gasteiger partial charge on any atom is 0.190 e. The number of nitrogens with zero attached hydrogens (tertiary/aromatic N) is 2. The van der Waals surface area contributed by atoms with Crippen LogP contribution in [-0.4, -0.2) is 4.57 Å². The Morgan fingerprint density at radius 3 is 2.36 bits per heavy atom. The summed E-state index contributed by atoms with van der Waals surface area (Å²) in [5, 5.41) is 2.11. The van der Waals surface area contributed by atoms with E-state index >= 15 is 0 Å². The summed E-state index contributed by atoms with van der Waals surface area (Å²) in [7, 11) is 0. The molecule has 0 bridgehead atoms. The molecule has 0 amide bonds. The van der Waals surface area contributed by atoms with Crippen LogP contribution in [0, 0.1) is 12.7 Å². The predicted octanol–water partition coefficient (Wildman–Crippen LogP) is 6.14. The van der Waals surface area contributed by atoms with Gasteiger partial charge in [0.15, 0.2) is 4.80 Å². The number of hydrogen-bond acceptors (Lipinski definition) is 2. The first kappa shape index (κ1) is 18.4. The SMILES string of the molecule is Cc1ccccc1N=c1scc(-c2ccc(F)cc2)n1CCc1ccccc1. The van der Waals surface area contributed by atoms with Crippen LogP contribution in [0.15, 0.2) is 89.2 Å². The third kappa shape index (κ3) is 4.12. The summed E-state index contributed by atoms with van der Waals surface area (Å²) < 4.78 is 15.6. The molecule has 1 aromatic heterocycles. The number of halogens is 1. The maximum atomic E-state index is 13.4. The molecule has 0 saturated carbocycles. The zero-order chi connectivity index (χ0) is 19.3. The summed E-state index contributed by atoms with van der Waals surface area (Å²) in [4.78, 5) is 5.87. The highest BCUT2D eigenvalue weighted by Crippen LogP contribution is 2.22. The lowest BCUT2D eigenvalue weighted by Crippen LogP contribution is -2.17. The van der Waals surface area contributed by atoms with E-state index in [0.29, 0.717) is 0 Å². The minimum absolute atomic E-state index is 0.223. The Bertz CT molecular complexity index is 1130. The summed E-state index contributed by atoms with van der Waals surface area (Å²) in [6, 6.07) is 25.2. The number of hydrogen-bond donors (Lipinski definition) is 0. The Morgan fingerprint density at radius 1 is 0.893 bits per heavy atom. The van der Waals surface area contributed by atoms with E-state index in [1.807, 2.05) is 36.4 Å². The van der Waals surface area contributed by atoms with Crippen LogP contribution < -0.4 is 4.80 Å². The van der Waals surface area contributed by atoms with Crippen LogP contribution in [0.5, 0.6) is 0 Å². The zero-order valence-electron chi connectivity index (χ0n) is 15.7. The van der Waals surface area contributed by atoms with Crippen LogP contribution in [0.4, 0.5) is 10.1 Å². The number of thiazole rings is 1. The molecule has 3 aromatic carbocycles. The number of benzene rings is 3. The molecule has 2 nitrogen and oxygen atoms in total. The Balaban J connectivity index is 1.77. The van der Waals surface area contributed by atoms with E-state index in [1.54, 1.807) is 11.3 Å². The highest BCUT2D eigenvalue weighted by Gasteiger charge is 2.09. The fourth-order valence-corrected chi connectivity index (χ4v) is 4.11. The van der Waals surface area contributed by atoms with Crippen molar-refractivity contribution in [2.75, 3.05) is 0 Å². The summed E-state index contributed by atoms with van der Waals surface area (Å²) in [6.07, 6.45) is 0.909. The lowest BCUT2D eigenvalue weighted by Gasteiger charge is -2.10. The van der Waals surface area contributed by atoms with Gasteiger partial charge in [0.05, 0.1) is 11.4 Å². The molecule has 0 radical (unpaired) electrons. The molecule has 4 aromatic rings. The molecule has 0 N–H and O–H groups in total. The van der Waals surface area contributed by atoms with Crippen molar-refractivity contribution in [3.8, 4) is 11.3 Å². The van der Waals surface area contributed by atoms with Crippen molar-refractivity contribution in [1.29, 1.82) is 0 Å². The molecular formula is C24H21FN2S. The van der Waals surface area contributed by atoms with Gasteiger partial charge in [-0.05, 0) is 60.4 Å². The average molecular weight is 389 g/mol. The van der Waals surface area contributed by atoms with Gasteiger partial charge in [-0.25, -0.2) is 9.38 Å². The second-order valence-electron chi connectivity index (χ2n) is 6.70. The summed E-state index contributed by atoms with van der Waals surface area (Å²) in [6.45, 7) is 2.88. The van der Waals surface area contributed by atoms with E-state index in [2.05, 4.69) is 47.2 Å². The van der Waals surface area contributed by atoms with Gasteiger partial charge in [0.2, 0.25) is 0 Å². The van der Waals surface area contributed by atoms with Crippen LogP contribution in [0.2, 0.25) is 0 Å². The van der Waals surface area contributed by atoms with Gasteiger partial charge >= 0.3 is 0 Å². The predicted molar refractivity (Wildman–Crippen MR) is 114 cm³/mol. The van der Waals surface area contributed by atoms with Crippen molar-refractivity contribution < 1.29 is 4.39 Å². The van der Waals surface area contributed by atoms with Crippen LogP contribution in [0.25, 0.3) is 11.3 Å². The highest BCUT2D eigenvalue weighted by molar-refractivity contribution is 7.07. The molecule has 4 heteroatoms. The number of aryl methyl sites for hydroxylation is 2. The molecule has 0 atom stereocenters. The fraction of sp³-hybridized carbons (Fsp3) is 0.125. The first-order valence-electron chi connectivity index (χ1n) is 9.29. The van der Waals surface area contributed by atoms with E-state index in [-0.39, 0.29) is 5.82 Å². The molecule has 140 valence electrons. The van der Waals surface area contributed by atoms with Crippen LogP contribution in [-0.2, 0) is 13.0 Å². The first-order chi connectivity index (χ1) is 13.7. The van der Waals surface area contributed by atoms with Crippen LogP contribution in [0.1, 0.15) is 11.1 Å². The maximum absolute atomic E-state index is 13.4. The van der Waals surface area contributed by atoms with Crippen molar-refractivity contribution in [2.45, 2.75) is 19.9 Å². The Morgan fingerprint density at radius 2 is 1.61 bits per heavy atom. The topological polar surface area (TPSA) is 17.3 Å². The van der Waals surface area contributed by atoms with Gasteiger partial charge in [-0.2, -0.15) is 0 Å².